The van der Waals surface area contributed by atoms with E-state index in [1.165, 1.54) is 0 Å². The van der Waals surface area contributed by atoms with E-state index in [1.807, 2.05) is 0 Å². The molecule has 1 aromatic heterocycles. The average molecular weight is 233 g/mol. The summed E-state index contributed by atoms with van der Waals surface area (Å²) in [5.74, 6) is 0. The Balaban J connectivity index is 3.15. The number of halogens is 1. The predicted octanol–water partition coefficient (Wildman–Crippen LogP) is 1.50. The monoisotopic (exact) mass is 233 g/mol. The van der Waals surface area contributed by atoms with Gasteiger partial charge in [0.25, 0.3) is 0 Å². The van der Waals surface area contributed by atoms with E-state index >= 15 is 0 Å². The molecule has 0 atom stereocenters. The van der Waals surface area contributed by atoms with Crippen molar-refractivity contribution in [1.82, 2.24) is 4.98 Å². The topological polar surface area (TPSA) is 30.0 Å². The van der Waals surface area contributed by atoms with Gasteiger partial charge in [-0.3, -0.25) is 9.78 Å². The molecular formula is C6H4INO. The first kappa shape index (κ1) is 6.67. The van der Waals surface area contributed by atoms with E-state index in [9.17, 15) is 4.79 Å². The molecule has 3 heteroatoms. The fraction of sp³-hybridized carbons (Fsp3) is 0. The Kier molecular flexibility index (Phi) is 2.16. The van der Waals surface area contributed by atoms with Crippen LogP contribution < -0.4 is 0 Å². The Morgan fingerprint density at radius 2 is 2.44 bits per heavy atom. The normalized spacial score (nSPS) is 9.00. The summed E-state index contributed by atoms with van der Waals surface area (Å²) >= 11 is 2.09. The molecule has 9 heavy (non-hydrogen) atoms. The molecule has 0 radical (unpaired) electrons. The van der Waals surface area contributed by atoms with E-state index in [-0.39, 0.29) is 0 Å². The lowest BCUT2D eigenvalue weighted by Gasteiger charge is -1.89. The van der Waals surface area contributed by atoms with Gasteiger partial charge < -0.3 is 0 Å². The minimum absolute atomic E-state index is 0.651. The lowest BCUT2D eigenvalue weighted by molar-refractivity contribution is 0.112. The lowest BCUT2D eigenvalue weighted by atomic mass is 10.3. The summed E-state index contributed by atoms with van der Waals surface area (Å²) in [6, 6.07) is 1.80. The maximum absolute atomic E-state index is 10.2. The van der Waals surface area contributed by atoms with Crippen LogP contribution in [0.2, 0.25) is 0 Å². The van der Waals surface area contributed by atoms with Gasteiger partial charge in [-0.2, -0.15) is 0 Å². The van der Waals surface area contributed by atoms with Crippen molar-refractivity contribution in [2.75, 3.05) is 0 Å². The average Bonchev–Trinajstić information content (AvgIpc) is 1.89. The molecule has 0 bridgehead atoms. The van der Waals surface area contributed by atoms with Gasteiger partial charge in [0, 0.05) is 21.5 Å². The number of rotatable bonds is 1. The highest BCUT2D eigenvalue weighted by molar-refractivity contribution is 14.1. The summed E-state index contributed by atoms with van der Waals surface area (Å²) in [6.07, 6.45) is 4.01. The summed E-state index contributed by atoms with van der Waals surface area (Å²) < 4.78 is 0.942. The molecule has 0 spiro atoms. The highest BCUT2D eigenvalue weighted by Gasteiger charge is 1.93. The molecule has 0 aliphatic rings. The minimum Gasteiger partial charge on any atom is -0.298 e. The van der Waals surface area contributed by atoms with E-state index in [0.717, 1.165) is 9.86 Å². The Hall–Kier alpha value is -0.450. The number of carbonyl (C=O) groups excluding carboxylic acids is 1. The highest BCUT2D eigenvalue weighted by atomic mass is 127. The molecule has 2 nitrogen and oxygen atoms in total. The van der Waals surface area contributed by atoms with Gasteiger partial charge >= 0.3 is 0 Å². The van der Waals surface area contributed by atoms with Crippen LogP contribution in [0.1, 0.15) is 10.4 Å². The summed E-state index contributed by atoms with van der Waals surface area (Å²) in [7, 11) is 0. The zero-order valence-corrected chi connectivity index (χ0v) is 6.70. The van der Waals surface area contributed by atoms with E-state index in [4.69, 9.17) is 0 Å². The Bertz CT molecular complexity index is 224. The molecule has 0 amide bonds. The molecule has 1 aromatic rings. The van der Waals surface area contributed by atoms with Gasteiger partial charge in [-0.1, -0.05) is 0 Å². The molecule has 0 N–H and O–H groups in total. The summed E-state index contributed by atoms with van der Waals surface area (Å²) in [5, 5.41) is 0. The Labute approximate surface area is 66.4 Å². The predicted molar refractivity (Wildman–Crippen MR) is 42.3 cm³/mol. The molecular weight excluding hydrogens is 229 g/mol. The first-order valence-corrected chi connectivity index (χ1v) is 3.47. The standard InChI is InChI=1S/C6H4INO/c7-6-1-2-8-3-5(6)4-9/h1-4H. The van der Waals surface area contributed by atoms with Gasteiger partial charge in [-0.25, -0.2) is 0 Å². The summed E-state index contributed by atoms with van der Waals surface area (Å²) in [4.78, 5) is 14.0. The number of hydrogen-bond donors (Lipinski definition) is 0. The largest absolute Gasteiger partial charge is 0.298 e. The third kappa shape index (κ3) is 1.48. The first-order chi connectivity index (χ1) is 4.34. The van der Waals surface area contributed by atoms with Gasteiger partial charge in [0.05, 0.1) is 0 Å². The van der Waals surface area contributed by atoms with E-state index in [2.05, 4.69) is 27.6 Å². The van der Waals surface area contributed by atoms with Crippen LogP contribution in [0.15, 0.2) is 18.5 Å². The van der Waals surface area contributed by atoms with Crippen LogP contribution in [0.4, 0.5) is 0 Å². The number of nitrogens with zero attached hydrogens (tertiary/aromatic N) is 1. The fourth-order valence-corrected chi connectivity index (χ4v) is 0.904. The number of carbonyl (C=O) groups is 1. The molecule has 46 valence electrons. The molecule has 1 rings (SSSR count). The fourth-order valence-electron chi connectivity index (χ4n) is 0.476. The molecule has 1 heterocycles. The summed E-state index contributed by atoms with van der Waals surface area (Å²) in [5.41, 5.74) is 0.651. The van der Waals surface area contributed by atoms with Crippen molar-refractivity contribution >= 4 is 28.9 Å². The third-order valence-electron chi connectivity index (χ3n) is 0.923. The van der Waals surface area contributed by atoms with Gasteiger partial charge in [-0.05, 0) is 28.7 Å². The van der Waals surface area contributed by atoms with Crippen molar-refractivity contribution in [2.45, 2.75) is 0 Å². The molecule has 0 saturated carbocycles. The second-order valence-corrected chi connectivity index (χ2v) is 2.68. The molecule has 0 unspecified atom stereocenters. The van der Waals surface area contributed by atoms with Gasteiger partial charge in [0.15, 0.2) is 6.29 Å². The Morgan fingerprint density at radius 3 is 2.89 bits per heavy atom. The van der Waals surface area contributed by atoms with Crippen molar-refractivity contribution in [3.63, 3.8) is 0 Å². The quantitative estimate of drug-likeness (QED) is 0.543. The van der Waals surface area contributed by atoms with Crippen LogP contribution in [0.5, 0.6) is 0 Å². The highest BCUT2D eigenvalue weighted by Crippen LogP contribution is 2.05. The first-order valence-electron chi connectivity index (χ1n) is 2.39. The number of pyridine rings is 1. The van der Waals surface area contributed by atoms with E-state index in [0.29, 0.717) is 5.56 Å². The maximum Gasteiger partial charge on any atom is 0.152 e. The van der Waals surface area contributed by atoms with E-state index in [1.54, 1.807) is 18.5 Å². The molecule has 0 aromatic carbocycles. The zero-order valence-electron chi connectivity index (χ0n) is 4.54. The SMILES string of the molecule is O=Cc1cnccc1I. The van der Waals surface area contributed by atoms with Gasteiger partial charge in [-0.15, -0.1) is 0 Å². The minimum atomic E-state index is 0.651. The van der Waals surface area contributed by atoms with Crippen molar-refractivity contribution in [1.29, 1.82) is 0 Å². The third-order valence-corrected chi connectivity index (χ3v) is 1.91. The van der Waals surface area contributed by atoms with Crippen LogP contribution >= 0.6 is 22.6 Å². The Morgan fingerprint density at radius 1 is 1.67 bits per heavy atom. The second-order valence-electron chi connectivity index (χ2n) is 1.52. The van der Waals surface area contributed by atoms with Crippen LogP contribution in [0, 0.1) is 3.57 Å². The smallest absolute Gasteiger partial charge is 0.152 e. The van der Waals surface area contributed by atoms with Crippen LogP contribution in [0.3, 0.4) is 0 Å². The van der Waals surface area contributed by atoms with Crippen molar-refractivity contribution in [3.05, 3.63) is 27.6 Å². The molecule has 0 aliphatic carbocycles. The van der Waals surface area contributed by atoms with Crippen LogP contribution in [-0.2, 0) is 0 Å². The van der Waals surface area contributed by atoms with Gasteiger partial charge in [0.1, 0.15) is 0 Å². The van der Waals surface area contributed by atoms with E-state index < -0.39 is 0 Å². The summed E-state index contributed by atoms with van der Waals surface area (Å²) in [6.45, 7) is 0. The lowest BCUT2D eigenvalue weighted by Crippen LogP contribution is -1.84. The number of hydrogen-bond acceptors (Lipinski definition) is 2. The zero-order chi connectivity index (χ0) is 6.69. The van der Waals surface area contributed by atoms with Crippen LogP contribution in [-0.4, -0.2) is 11.3 Å². The number of aldehydes is 1. The van der Waals surface area contributed by atoms with Gasteiger partial charge in [0.2, 0.25) is 0 Å². The molecule has 0 aliphatic heterocycles. The molecule has 0 fully saturated rings. The number of aromatic nitrogens is 1. The van der Waals surface area contributed by atoms with Crippen molar-refractivity contribution < 1.29 is 4.79 Å². The second kappa shape index (κ2) is 2.91. The van der Waals surface area contributed by atoms with Crippen molar-refractivity contribution in [2.24, 2.45) is 0 Å². The van der Waals surface area contributed by atoms with Crippen LogP contribution in [0.25, 0.3) is 0 Å². The molecule has 0 saturated heterocycles. The maximum atomic E-state index is 10.2. The van der Waals surface area contributed by atoms with Crippen molar-refractivity contribution in [3.8, 4) is 0 Å².